The first kappa shape index (κ1) is 21.2. The first-order valence-electron chi connectivity index (χ1n) is 10.6. The van der Waals surface area contributed by atoms with Crippen molar-refractivity contribution in [3.05, 3.63) is 53.9 Å². The number of methoxy groups -OCH3 is 1. The molecule has 0 unspecified atom stereocenters. The van der Waals surface area contributed by atoms with E-state index in [1.165, 1.54) is 0 Å². The molecule has 164 valence electrons. The summed E-state index contributed by atoms with van der Waals surface area (Å²) in [6.07, 6.45) is 2.13. The Hall–Kier alpha value is -3.03. The monoisotopic (exact) mass is 424 g/mol. The van der Waals surface area contributed by atoms with E-state index in [2.05, 4.69) is 10.1 Å². The van der Waals surface area contributed by atoms with E-state index in [4.69, 9.17) is 18.6 Å². The Bertz CT molecular complexity index is 1060. The standard InChI is InChI=1S/C24H28N2O5/c1-28-20-8-9-21-22(25-27)17-23(31-24(21)16-20)18-4-6-19(7-5-18)30-13-3-2-10-26-11-14-29-15-12-26/h4-9,16-17,27H,2-3,10-15H2,1H3/b25-22+. The first-order valence-corrected chi connectivity index (χ1v) is 10.6. The molecule has 0 atom stereocenters. The molecule has 1 aromatic heterocycles. The number of morpholine rings is 1. The van der Waals surface area contributed by atoms with Gasteiger partial charge in [-0.1, -0.05) is 5.16 Å². The van der Waals surface area contributed by atoms with Gasteiger partial charge >= 0.3 is 0 Å². The number of fused-ring (bicyclic) bond motifs is 1. The van der Waals surface area contributed by atoms with Crippen LogP contribution < -0.4 is 14.8 Å². The summed E-state index contributed by atoms with van der Waals surface area (Å²) in [7, 11) is 1.60. The topological polar surface area (TPSA) is 76.7 Å². The zero-order valence-corrected chi connectivity index (χ0v) is 17.8. The largest absolute Gasteiger partial charge is 0.497 e. The van der Waals surface area contributed by atoms with E-state index in [9.17, 15) is 5.21 Å². The van der Waals surface area contributed by atoms with Crippen LogP contribution in [0.25, 0.3) is 22.3 Å². The molecule has 1 aliphatic rings. The first-order chi connectivity index (χ1) is 15.3. The average molecular weight is 424 g/mol. The second kappa shape index (κ2) is 10.3. The van der Waals surface area contributed by atoms with E-state index in [-0.39, 0.29) is 0 Å². The van der Waals surface area contributed by atoms with Gasteiger partial charge in [0, 0.05) is 36.2 Å². The average Bonchev–Trinajstić information content (AvgIpc) is 2.83. The summed E-state index contributed by atoms with van der Waals surface area (Å²) in [5.41, 5.74) is 1.46. The van der Waals surface area contributed by atoms with Gasteiger partial charge in [-0.3, -0.25) is 4.90 Å². The van der Waals surface area contributed by atoms with Gasteiger partial charge in [0.1, 0.15) is 28.2 Å². The Morgan fingerprint density at radius 1 is 1.00 bits per heavy atom. The number of benzene rings is 2. The molecule has 7 heteroatoms. The number of rotatable bonds is 8. The smallest absolute Gasteiger partial charge is 0.140 e. The van der Waals surface area contributed by atoms with Gasteiger partial charge in [-0.15, -0.1) is 0 Å². The van der Waals surface area contributed by atoms with E-state index < -0.39 is 0 Å². The Labute approximate surface area is 181 Å². The molecule has 31 heavy (non-hydrogen) atoms. The maximum Gasteiger partial charge on any atom is 0.140 e. The van der Waals surface area contributed by atoms with Crippen molar-refractivity contribution in [2.45, 2.75) is 12.8 Å². The van der Waals surface area contributed by atoms with Gasteiger partial charge < -0.3 is 23.8 Å². The summed E-state index contributed by atoms with van der Waals surface area (Å²) in [5.74, 6) is 2.10. The lowest BCUT2D eigenvalue weighted by molar-refractivity contribution is 0.0368. The highest BCUT2D eigenvalue weighted by Crippen LogP contribution is 2.26. The lowest BCUT2D eigenvalue weighted by Crippen LogP contribution is -2.36. The van der Waals surface area contributed by atoms with Crippen molar-refractivity contribution >= 4 is 11.0 Å². The Balaban J connectivity index is 1.38. The molecule has 1 fully saturated rings. The van der Waals surface area contributed by atoms with E-state index in [0.717, 1.165) is 57.0 Å². The van der Waals surface area contributed by atoms with Crippen LogP contribution in [0.15, 0.2) is 58.1 Å². The molecule has 0 radical (unpaired) electrons. The molecule has 1 aliphatic heterocycles. The molecule has 2 aromatic carbocycles. The third-order valence-corrected chi connectivity index (χ3v) is 5.44. The summed E-state index contributed by atoms with van der Waals surface area (Å²) in [6, 6.07) is 14.9. The van der Waals surface area contributed by atoms with Gasteiger partial charge in [0.2, 0.25) is 0 Å². The highest BCUT2D eigenvalue weighted by Gasteiger charge is 2.10. The summed E-state index contributed by atoms with van der Waals surface area (Å²) >= 11 is 0. The fourth-order valence-corrected chi connectivity index (χ4v) is 3.67. The van der Waals surface area contributed by atoms with Crippen LogP contribution >= 0.6 is 0 Å². The molecule has 0 aliphatic carbocycles. The van der Waals surface area contributed by atoms with E-state index in [1.54, 1.807) is 25.3 Å². The van der Waals surface area contributed by atoms with Crippen LogP contribution in [0, 0.1) is 0 Å². The highest BCUT2D eigenvalue weighted by atomic mass is 16.5. The van der Waals surface area contributed by atoms with Crippen LogP contribution in [0.3, 0.4) is 0 Å². The minimum Gasteiger partial charge on any atom is -0.497 e. The number of nitrogens with zero attached hydrogens (tertiary/aromatic N) is 2. The molecule has 3 aromatic rings. The molecular formula is C24H28N2O5. The maximum atomic E-state index is 9.42. The van der Waals surface area contributed by atoms with Crippen LogP contribution in [-0.2, 0) is 4.74 Å². The van der Waals surface area contributed by atoms with Crippen molar-refractivity contribution in [1.29, 1.82) is 0 Å². The van der Waals surface area contributed by atoms with E-state index in [0.29, 0.717) is 34.4 Å². The number of hydrogen-bond donors (Lipinski definition) is 1. The molecule has 7 nitrogen and oxygen atoms in total. The van der Waals surface area contributed by atoms with Crippen molar-refractivity contribution in [2.24, 2.45) is 5.16 Å². The summed E-state index contributed by atoms with van der Waals surface area (Å²) in [4.78, 5) is 2.44. The van der Waals surface area contributed by atoms with Gasteiger partial charge in [0.15, 0.2) is 0 Å². The van der Waals surface area contributed by atoms with Crippen molar-refractivity contribution in [3.63, 3.8) is 0 Å². The van der Waals surface area contributed by atoms with Crippen LogP contribution in [-0.4, -0.2) is 56.7 Å². The van der Waals surface area contributed by atoms with Crippen LogP contribution in [0.5, 0.6) is 11.5 Å². The molecule has 4 rings (SSSR count). The van der Waals surface area contributed by atoms with E-state index in [1.807, 2.05) is 30.3 Å². The minimum absolute atomic E-state index is 0.444. The lowest BCUT2D eigenvalue weighted by Gasteiger charge is -2.26. The molecule has 1 N–H and O–H groups in total. The van der Waals surface area contributed by atoms with Crippen molar-refractivity contribution in [2.75, 3.05) is 46.6 Å². The summed E-state index contributed by atoms with van der Waals surface area (Å²) in [5, 5.41) is 14.0. The third-order valence-electron chi connectivity index (χ3n) is 5.44. The predicted molar refractivity (Wildman–Crippen MR) is 118 cm³/mol. The second-order valence-electron chi connectivity index (χ2n) is 7.49. The zero-order valence-electron chi connectivity index (χ0n) is 17.8. The molecule has 2 heterocycles. The third kappa shape index (κ3) is 5.37. The van der Waals surface area contributed by atoms with Gasteiger partial charge in [-0.05, 0) is 55.8 Å². The summed E-state index contributed by atoms with van der Waals surface area (Å²) < 4.78 is 22.6. The Morgan fingerprint density at radius 3 is 2.52 bits per heavy atom. The lowest BCUT2D eigenvalue weighted by atomic mass is 10.1. The SMILES string of the molecule is COc1ccc2/c(=N/O)cc(-c3ccc(OCCCCN4CCOCC4)cc3)oc2c1. The molecule has 0 saturated carbocycles. The predicted octanol–water partition coefficient (Wildman–Crippen LogP) is 3.89. The van der Waals surface area contributed by atoms with E-state index >= 15 is 0 Å². The van der Waals surface area contributed by atoms with Gasteiger partial charge in [-0.25, -0.2) is 0 Å². The normalized spacial score (nSPS) is 15.3. The minimum atomic E-state index is 0.444. The number of unbranched alkanes of at least 4 members (excludes halogenated alkanes) is 1. The maximum absolute atomic E-state index is 9.42. The highest BCUT2D eigenvalue weighted by molar-refractivity contribution is 5.79. The van der Waals surface area contributed by atoms with Gasteiger partial charge in [0.05, 0.1) is 26.9 Å². The van der Waals surface area contributed by atoms with Crippen LogP contribution in [0.1, 0.15) is 12.8 Å². The van der Waals surface area contributed by atoms with Gasteiger partial charge in [0.25, 0.3) is 0 Å². The summed E-state index contributed by atoms with van der Waals surface area (Å²) in [6.45, 7) is 5.53. The molecule has 0 bridgehead atoms. The zero-order chi connectivity index (χ0) is 21.5. The van der Waals surface area contributed by atoms with Crippen molar-refractivity contribution in [1.82, 2.24) is 4.90 Å². The van der Waals surface area contributed by atoms with Crippen molar-refractivity contribution < 1.29 is 23.8 Å². The quantitative estimate of drug-likeness (QED) is 0.336. The number of hydrogen-bond acceptors (Lipinski definition) is 7. The molecular weight excluding hydrogens is 396 g/mol. The Kier molecular flexibility index (Phi) is 7.07. The molecule has 0 spiro atoms. The fraction of sp³-hybridized carbons (Fsp3) is 0.375. The number of ether oxygens (including phenoxy) is 3. The second-order valence-corrected chi connectivity index (χ2v) is 7.49. The van der Waals surface area contributed by atoms with Crippen LogP contribution in [0.2, 0.25) is 0 Å². The molecule has 0 amide bonds. The van der Waals surface area contributed by atoms with Crippen LogP contribution in [0.4, 0.5) is 0 Å². The molecule has 1 saturated heterocycles. The van der Waals surface area contributed by atoms with Crippen molar-refractivity contribution in [3.8, 4) is 22.8 Å². The Morgan fingerprint density at radius 2 is 1.77 bits per heavy atom. The fourth-order valence-electron chi connectivity index (χ4n) is 3.67. The van der Waals surface area contributed by atoms with Gasteiger partial charge in [-0.2, -0.15) is 0 Å².